The highest BCUT2D eigenvalue weighted by atomic mass is 32.2. The van der Waals surface area contributed by atoms with E-state index in [1.165, 1.54) is 23.9 Å². The number of thioether (sulfide) groups is 1. The van der Waals surface area contributed by atoms with Gasteiger partial charge in [0.1, 0.15) is 48.2 Å². The molecule has 51 heavy (non-hydrogen) atoms. The number of hydrogen-bond acceptors (Lipinski definition) is 17. The van der Waals surface area contributed by atoms with Crippen LogP contribution in [0.4, 0.5) is 4.79 Å². The summed E-state index contributed by atoms with van der Waals surface area (Å²) in [5.74, 6) is 0.523. The Labute approximate surface area is 312 Å². The van der Waals surface area contributed by atoms with E-state index in [4.69, 9.17) is 55.8 Å². The first-order valence-corrected chi connectivity index (χ1v) is 20.6. The summed E-state index contributed by atoms with van der Waals surface area (Å²) in [7, 11) is 6.55. The van der Waals surface area contributed by atoms with Crippen molar-refractivity contribution in [2.75, 3.05) is 19.0 Å². The molecule has 0 saturated carbocycles. The van der Waals surface area contributed by atoms with Crippen LogP contribution in [0.5, 0.6) is 0 Å². The van der Waals surface area contributed by atoms with Crippen LogP contribution in [-0.4, -0.2) is 130 Å². The first kappa shape index (κ1) is 42.6. The molecule has 11 unspecified atom stereocenters. The molecular formula is C27H44NO16P5S2. The van der Waals surface area contributed by atoms with Gasteiger partial charge in [-0.2, -0.15) is 0 Å². The number of carbonyl (C=O) groups is 1. The average Bonchev–Trinajstić information content (AvgIpc) is 3.51. The van der Waals surface area contributed by atoms with Crippen molar-refractivity contribution < 1.29 is 74.1 Å². The molecule has 0 radical (unpaired) electrons. The van der Waals surface area contributed by atoms with Crippen LogP contribution in [0.25, 0.3) is 0 Å². The van der Waals surface area contributed by atoms with Gasteiger partial charge in [0.05, 0.1) is 30.3 Å². The first-order chi connectivity index (χ1) is 24.5. The third-order valence-corrected chi connectivity index (χ3v) is 12.6. The lowest BCUT2D eigenvalue weighted by Crippen LogP contribution is -2.68. The summed E-state index contributed by atoms with van der Waals surface area (Å²) in [6.07, 6.45) is -14.5. The fourth-order valence-electron chi connectivity index (χ4n) is 6.36. The average molecular weight is 858 g/mol. The number of nitrogens with one attached hydrogen (secondary N) is 1. The number of carbonyl (C=O) groups excluding carboxylic acids is 1. The third-order valence-electron chi connectivity index (χ3n) is 8.71. The van der Waals surface area contributed by atoms with E-state index in [1.54, 1.807) is 25.1 Å². The maximum absolute atomic E-state index is 13.7. The predicted octanol–water partition coefficient (Wildman–Crippen LogP) is 1.46. The number of ether oxygens (including phenoxy) is 7. The predicted molar refractivity (Wildman–Crippen MR) is 196 cm³/mol. The molecule has 1 aromatic rings. The van der Waals surface area contributed by atoms with E-state index in [-0.39, 0.29) is 18.1 Å². The number of aliphatic hydroxyl groups excluding tert-OH is 1. The molecule has 0 amide bonds. The fraction of sp³-hybridized carbons (Fsp3) is 0.741. The van der Waals surface area contributed by atoms with Crippen LogP contribution in [0.2, 0.25) is 0 Å². The van der Waals surface area contributed by atoms with E-state index >= 15 is 0 Å². The van der Waals surface area contributed by atoms with Crippen LogP contribution in [-0.2, 0) is 65.8 Å². The molecule has 24 heteroatoms. The molecular weight excluding hydrogens is 813 g/mol. The smallest absolute Gasteiger partial charge is 0.424 e. The summed E-state index contributed by atoms with van der Waals surface area (Å²) >= 11 is 1.30. The Hall–Kier alpha value is 0.460. The third kappa shape index (κ3) is 9.71. The van der Waals surface area contributed by atoms with Crippen LogP contribution < -0.4 is 4.72 Å². The summed E-state index contributed by atoms with van der Waals surface area (Å²) in [4.78, 5) is 12.6. The molecule has 4 fully saturated rings. The van der Waals surface area contributed by atoms with Gasteiger partial charge in [-0.3, -0.25) is 0 Å². The second-order valence-corrected chi connectivity index (χ2v) is 16.4. The Bertz CT molecular complexity index is 1380. The van der Waals surface area contributed by atoms with E-state index in [1.807, 2.05) is 6.92 Å². The molecule has 4 aliphatic heterocycles. The lowest BCUT2D eigenvalue weighted by atomic mass is 9.96. The van der Waals surface area contributed by atoms with Gasteiger partial charge in [-0.05, 0) is 24.8 Å². The van der Waals surface area contributed by atoms with Crippen molar-refractivity contribution in [1.82, 2.24) is 4.72 Å². The highest BCUT2D eigenvalue weighted by molar-refractivity contribution is 7.99. The Balaban J connectivity index is 1.53. The number of fused-ring (bicyclic) bond motifs is 1. The summed E-state index contributed by atoms with van der Waals surface area (Å²) < 4.78 is 100. The molecule has 0 bridgehead atoms. The topological polar surface area (TPSA) is 194 Å². The van der Waals surface area contributed by atoms with Gasteiger partial charge in [0.15, 0.2) is 30.9 Å². The zero-order valence-corrected chi connectivity index (χ0v) is 34.8. The Kier molecular flexibility index (Phi) is 16.3. The van der Waals surface area contributed by atoms with E-state index in [2.05, 4.69) is 52.1 Å². The lowest BCUT2D eigenvalue weighted by molar-refractivity contribution is -0.361. The van der Waals surface area contributed by atoms with Gasteiger partial charge >= 0.3 is 6.16 Å². The quantitative estimate of drug-likeness (QED) is 0.179. The molecule has 4 heterocycles. The number of sulfonamides is 1. The highest BCUT2D eigenvalue weighted by Gasteiger charge is 2.60. The minimum Gasteiger partial charge on any atom is -0.424 e. The molecule has 1 aromatic carbocycles. The van der Waals surface area contributed by atoms with E-state index in [0.29, 0.717) is 5.75 Å². The van der Waals surface area contributed by atoms with Crippen molar-refractivity contribution >= 4 is 75.3 Å². The van der Waals surface area contributed by atoms with Crippen molar-refractivity contribution in [1.29, 1.82) is 0 Å². The standard InChI is InChI=1S/C27H44NO16P5S2/c1-3-50-26-15(28-51(31,32)12-7-5-4-6-8-12)19(16(29)13(37-26)9-33-45)38-24-22(20-18(40-27(30)41-20)14(36-24)10-34-46)39-25-23(44-49)21(43-48)17(42-47)11(2)35-25/h4-8,11,13-26,28-29H,3,9-10,45-49H2,1-2H3/t11?,13?,14?,15?,16-,17+,18-,19+,20-,21-,22?,23?,24-,25-,26-/m0/s1. The summed E-state index contributed by atoms with van der Waals surface area (Å²) in [5, 5.41) is 11.8. The Morgan fingerprint density at radius 3 is 2.04 bits per heavy atom. The van der Waals surface area contributed by atoms with Crippen molar-refractivity contribution in [3.05, 3.63) is 30.3 Å². The summed E-state index contributed by atoms with van der Waals surface area (Å²) in [6, 6.07) is 6.57. The molecule has 0 aromatic heterocycles. The van der Waals surface area contributed by atoms with Crippen LogP contribution >= 0.6 is 59.1 Å². The SMILES string of the molecule is CCS[C@@H]1OC(COP)[C@H](O)[C@H](O[C@@H]2OC(COP)[C@@H]3OC(=O)O[C@@H]3C2O[C@@H]2OC(C)[C@@H](OP)[C@H](OP)C2OP)C1NS(=O)(=O)c1ccccc1. The normalized spacial score (nSPS) is 40.0. The number of aliphatic hydroxyl groups is 1. The molecule has 4 aliphatic rings. The maximum Gasteiger partial charge on any atom is 0.509 e. The number of hydrogen-bond donors (Lipinski definition) is 2. The van der Waals surface area contributed by atoms with Gasteiger partial charge in [0.2, 0.25) is 10.0 Å². The van der Waals surface area contributed by atoms with E-state index in [9.17, 15) is 18.3 Å². The van der Waals surface area contributed by atoms with Crippen LogP contribution in [0.3, 0.4) is 0 Å². The van der Waals surface area contributed by atoms with Crippen LogP contribution in [0.15, 0.2) is 35.2 Å². The van der Waals surface area contributed by atoms with Crippen molar-refractivity contribution in [2.45, 2.75) is 110 Å². The zero-order valence-electron chi connectivity index (χ0n) is 27.4. The molecule has 20 atom stereocenters. The molecule has 4 saturated heterocycles. The van der Waals surface area contributed by atoms with Crippen molar-refractivity contribution in [3.8, 4) is 0 Å². The second-order valence-electron chi connectivity index (χ2n) is 11.8. The van der Waals surface area contributed by atoms with Gasteiger partial charge in [-0.25, -0.2) is 17.9 Å². The zero-order chi connectivity index (χ0) is 36.9. The summed E-state index contributed by atoms with van der Waals surface area (Å²) in [6.45, 7) is 3.47. The Morgan fingerprint density at radius 1 is 0.804 bits per heavy atom. The minimum atomic E-state index is -4.17. The number of rotatable bonds is 16. The number of benzene rings is 1. The first-order valence-electron chi connectivity index (χ1n) is 15.7. The molecule has 2 N–H and O–H groups in total. The van der Waals surface area contributed by atoms with Gasteiger partial charge in [0, 0.05) is 47.3 Å². The maximum atomic E-state index is 13.7. The molecule has 290 valence electrons. The van der Waals surface area contributed by atoms with Crippen LogP contribution in [0.1, 0.15) is 13.8 Å². The van der Waals surface area contributed by atoms with Crippen molar-refractivity contribution in [2.24, 2.45) is 0 Å². The second kappa shape index (κ2) is 19.6. The van der Waals surface area contributed by atoms with Gasteiger partial charge in [-0.1, -0.05) is 25.1 Å². The largest absolute Gasteiger partial charge is 0.509 e. The van der Waals surface area contributed by atoms with Gasteiger partial charge in [-0.15, -0.1) is 11.8 Å². The fourth-order valence-corrected chi connectivity index (χ4v) is 10.0. The van der Waals surface area contributed by atoms with Gasteiger partial charge in [0.25, 0.3) is 0 Å². The molecule has 0 aliphatic carbocycles. The monoisotopic (exact) mass is 857 g/mol. The highest BCUT2D eigenvalue weighted by Crippen LogP contribution is 2.40. The van der Waals surface area contributed by atoms with E-state index in [0.717, 1.165) is 0 Å². The minimum absolute atomic E-state index is 0.00906. The lowest BCUT2D eigenvalue weighted by Gasteiger charge is -2.49. The van der Waals surface area contributed by atoms with E-state index < -0.39 is 107 Å². The Morgan fingerprint density at radius 2 is 1.41 bits per heavy atom. The van der Waals surface area contributed by atoms with Gasteiger partial charge < -0.3 is 60.9 Å². The summed E-state index contributed by atoms with van der Waals surface area (Å²) in [5.41, 5.74) is -0.859. The van der Waals surface area contributed by atoms with Crippen LogP contribution in [0, 0.1) is 0 Å². The molecule has 0 spiro atoms. The van der Waals surface area contributed by atoms with Crippen molar-refractivity contribution in [3.63, 3.8) is 0 Å². The molecule has 5 rings (SSSR count). The molecule has 17 nitrogen and oxygen atoms in total.